The van der Waals surface area contributed by atoms with Gasteiger partial charge in [0.15, 0.2) is 0 Å². The molecule has 0 bridgehead atoms. The second kappa shape index (κ2) is 5.18. The van der Waals surface area contributed by atoms with E-state index in [2.05, 4.69) is 77.4 Å². The number of aromatic nitrogens is 1. The molecule has 29 heavy (non-hydrogen) atoms. The molecule has 0 fully saturated rings. The monoisotopic (exact) mass is 366 g/mol. The van der Waals surface area contributed by atoms with E-state index < -0.39 is 0 Å². The molecule has 0 saturated heterocycles. The van der Waals surface area contributed by atoms with E-state index >= 15 is 0 Å². The van der Waals surface area contributed by atoms with Gasteiger partial charge < -0.3 is 4.57 Å². The normalized spacial score (nSPS) is 13.3. The number of nitrogens with zero attached hydrogens (tertiary/aromatic N) is 2. The van der Waals surface area contributed by atoms with Crippen molar-refractivity contribution in [1.82, 2.24) is 4.57 Å². The summed E-state index contributed by atoms with van der Waals surface area (Å²) in [5.74, 6) is 0. The second-order valence-electron chi connectivity index (χ2n) is 8.08. The van der Waals surface area contributed by atoms with Crippen LogP contribution >= 0.6 is 0 Å². The highest BCUT2D eigenvalue weighted by Crippen LogP contribution is 2.35. The van der Waals surface area contributed by atoms with Crippen molar-refractivity contribution in [3.8, 4) is 11.8 Å². The van der Waals surface area contributed by atoms with Gasteiger partial charge in [-0.05, 0) is 46.7 Å². The third-order valence-electron chi connectivity index (χ3n) is 6.71. The molecular weight excluding hydrogens is 351 g/mol. The second-order valence-corrected chi connectivity index (χ2v) is 8.08. The predicted octanol–water partition coefficient (Wildman–Crippen LogP) is 3.39. The minimum atomic E-state index is 0.266. The summed E-state index contributed by atoms with van der Waals surface area (Å²) in [5.41, 5.74) is 11.4. The van der Waals surface area contributed by atoms with E-state index in [1.54, 1.807) is 0 Å². The van der Waals surface area contributed by atoms with Gasteiger partial charge in [-0.3, -0.25) is 0 Å². The van der Waals surface area contributed by atoms with Gasteiger partial charge in [0.2, 0.25) is 6.71 Å². The fraction of sp³-hybridized carbons (Fsp3) is 0.0385. The lowest BCUT2D eigenvalue weighted by molar-refractivity contribution is 1.16. The number of hydrogen-bond donors (Lipinski definition) is 0. The average molecular weight is 366 g/mol. The molecule has 3 heterocycles. The van der Waals surface area contributed by atoms with Gasteiger partial charge in [-0.2, -0.15) is 5.26 Å². The maximum Gasteiger partial charge on any atom is 0.247 e. The zero-order chi connectivity index (χ0) is 19.1. The Morgan fingerprint density at radius 2 is 1.59 bits per heavy atom. The van der Waals surface area contributed by atoms with Crippen LogP contribution in [0.4, 0.5) is 0 Å². The molecule has 3 heteroatoms. The van der Waals surface area contributed by atoms with Crippen molar-refractivity contribution in [1.29, 1.82) is 5.26 Å². The van der Waals surface area contributed by atoms with Gasteiger partial charge in [-0.15, -0.1) is 0 Å². The van der Waals surface area contributed by atoms with Crippen LogP contribution in [0.5, 0.6) is 0 Å². The smallest absolute Gasteiger partial charge is 0.247 e. The molecule has 0 saturated carbocycles. The first-order chi connectivity index (χ1) is 14.3. The minimum absolute atomic E-state index is 0.266. The lowest BCUT2D eigenvalue weighted by atomic mass is 9.32. The summed E-state index contributed by atoms with van der Waals surface area (Å²) >= 11 is 0. The summed E-state index contributed by atoms with van der Waals surface area (Å²) in [6.45, 7) is 0.266. The third-order valence-corrected chi connectivity index (χ3v) is 6.71. The Morgan fingerprint density at radius 1 is 0.793 bits per heavy atom. The number of para-hydroxylation sites is 1. The number of hydrogen-bond acceptors (Lipinski definition) is 1. The summed E-state index contributed by atoms with van der Waals surface area (Å²) in [6.07, 6.45) is 0.977. The Bertz CT molecular complexity index is 1550. The Labute approximate surface area is 168 Å². The van der Waals surface area contributed by atoms with Crippen LogP contribution in [0.15, 0.2) is 78.9 Å². The Kier molecular flexibility index (Phi) is 2.72. The van der Waals surface area contributed by atoms with E-state index in [-0.39, 0.29) is 6.71 Å². The zero-order valence-electron chi connectivity index (χ0n) is 15.7. The van der Waals surface area contributed by atoms with E-state index in [4.69, 9.17) is 0 Å². The van der Waals surface area contributed by atoms with Crippen molar-refractivity contribution in [2.75, 3.05) is 0 Å². The summed E-state index contributed by atoms with van der Waals surface area (Å²) in [4.78, 5) is 0. The number of benzene rings is 4. The van der Waals surface area contributed by atoms with Gasteiger partial charge in [-0.1, -0.05) is 66.1 Å². The van der Waals surface area contributed by atoms with Crippen molar-refractivity contribution in [2.24, 2.45) is 0 Å². The van der Waals surface area contributed by atoms with Gasteiger partial charge in [0.05, 0.1) is 17.1 Å². The van der Waals surface area contributed by atoms with Crippen LogP contribution in [0, 0.1) is 11.3 Å². The maximum atomic E-state index is 9.48. The van der Waals surface area contributed by atoms with Gasteiger partial charge >= 0.3 is 0 Å². The molecule has 4 aromatic carbocycles. The molecule has 5 aromatic rings. The van der Waals surface area contributed by atoms with Crippen LogP contribution < -0.4 is 16.4 Å². The molecule has 0 atom stereocenters. The molecule has 0 unspecified atom stereocenters. The number of fused-ring (bicyclic) bond motifs is 8. The molecule has 7 rings (SSSR count). The van der Waals surface area contributed by atoms with Crippen molar-refractivity contribution < 1.29 is 0 Å². The predicted molar refractivity (Wildman–Crippen MR) is 119 cm³/mol. The van der Waals surface area contributed by atoms with Crippen molar-refractivity contribution in [3.63, 3.8) is 0 Å². The first-order valence-corrected chi connectivity index (χ1v) is 10.0. The highest BCUT2D eigenvalue weighted by atomic mass is 15.0. The molecule has 1 aromatic heterocycles. The molecule has 0 spiro atoms. The summed E-state index contributed by atoms with van der Waals surface area (Å²) in [6, 6.07) is 30.6. The fourth-order valence-electron chi connectivity index (χ4n) is 5.56. The molecule has 0 N–H and O–H groups in total. The first kappa shape index (κ1) is 15.2. The van der Waals surface area contributed by atoms with Crippen molar-refractivity contribution in [3.05, 3.63) is 95.6 Å². The Morgan fingerprint density at radius 3 is 2.48 bits per heavy atom. The highest BCUT2D eigenvalue weighted by molar-refractivity contribution is 6.98. The standard InChI is InChI=1S/C26H15BN2/c28-15-16-9-11-19-20-12-10-18-14-17-5-1-2-6-21(17)27-22-7-3-4-8-23(22)29(24(19)13-16)26(20)25(18)27/h1-13H,14H2. The highest BCUT2D eigenvalue weighted by Gasteiger charge is 2.38. The van der Waals surface area contributed by atoms with E-state index in [1.165, 1.54) is 49.5 Å². The Hall–Kier alpha value is -3.77. The van der Waals surface area contributed by atoms with Gasteiger partial charge in [0.1, 0.15) is 0 Å². The molecule has 0 radical (unpaired) electrons. The van der Waals surface area contributed by atoms with Crippen molar-refractivity contribution in [2.45, 2.75) is 6.42 Å². The molecule has 132 valence electrons. The average Bonchev–Trinajstić information content (AvgIpc) is 3.12. The largest absolute Gasteiger partial charge is 0.310 e. The SMILES string of the molecule is N#Cc1ccc2c3ccc4c5c3n(c2c1)-c1ccccc1B5c1ccccc1C4. The van der Waals surface area contributed by atoms with Crippen LogP contribution in [0.1, 0.15) is 16.7 Å². The van der Waals surface area contributed by atoms with Crippen LogP contribution in [0.2, 0.25) is 0 Å². The summed E-state index contributed by atoms with van der Waals surface area (Å²) < 4.78 is 2.39. The van der Waals surface area contributed by atoms with Gasteiger partial charge in [0.25, 0.3) is 0 Å². The third kappa shape index (κ3) is 1.77. The molecule has 0 amide bonds. The quantitative estimate of drug-likeness (QED) is 0.378. The first-order valence-electron chi connectivity index (χ1n) is 10.0. The number of rotatable bonds is 0. The van der Waals surface area contributed by atoms with E-state index in [1.807, 2.05) is 12.1 Å². The van der Waals surface area contributed by atoms with E-state index in [9.17, 15) is 5.26 Å². The summed E-state index contributed by atoms with van der Waals surface area (Å²) in [5, 5.41) is 12.0. The van der Waals surface area contributed by atoms with Crippen LogP contribution in [-0.4, -0.2) is 11.3 Å². The lowest BCUT2D eigenvalue weighted by Crippen LogP contribution is -2.60. The van der Waals surface area contributed by atoms with Gasteiger partial charge in [-0.25, -0.2) is 0 Å². The summed E-state index contributed by atoms with van der Waals surface area (Å²) in [7, 11) is 0. The molecule has 2 aliphatic heterocycles. The van der Waals surface area contributed by atoms with Crippen LogP contribution in [-0.2, 0) is 6.42 Å². The molecule has 2 aliphatic rings. The zero-order valence-corrected chi connectivity index (χ0v) is 15.7. The van der Waals surface area contributed by atoms with Crippen LogP contribution in [0.25, 0.3) is 27.5 Å². The minimum Gasteiger partial charge on any atom is -0.310 e. The van der Waals surface area contributed by atoms with Crippen LogP contribution in [0.3, 0.4) is 0 Å². The topological polar surface area (TPSA) is 28.7 Å². The van der Waals surface area contributed by atoms with E-state index in [0.29, 0.717) is 5.56 Å². The van der Waals surface area contributed by atoms with Gasteiger partial charge in [0, 0.05) is 22.0 Å². The molecule has 2 nitrogen and oxygen atoms in total. The Balaban J connectivity index is 1.75. The molecular formula is C26H15BN2. The maximum absolute atomic E-state index is 9.48. The molecule has 0 aliphatic carbocycles. The van der Waals surface area contributed by atoms with Crippen molar-refractivity contribution >= 4 is 44.9 Å². The number of nitriles is 1. The van der Waals surface area contributed by atoms with E-state index in [0.717, 1.165) is 11.9 Å². The lowest BCUT2D eigenvalue weighted by Gasteiger charge is -2.33. The fourth-order valence-corrected chi connectivity index (χ4v) is 5.56.